The van der Waals surface area contributed by atoms with E-state index in [1.165, 1.54) is 22.5 Å². The number of hydrogen-bond acceptors (Lipinski definition) is 4. The van der Waals surface area contributed by atoms with E-state index in [0.717, 1.165) is 16.3 Å². The van der Waals surface area contributed by atoms with Crippen LogP contribution in [0.3, 0.4) is 0 Å². The van der Waals surface area contributed by atoms with Gasteiger partial charge in [0.2, 0.25) is 15.9 Å². The molecule has 0 saturated carbocycles. The fraction of sp³-hybridized carbons (Fsp3) is 0.167. The van der Waals surface area contributed by atoms with Gasteiger partial charge in [0.05, 0.1) is 4.90 Å². The van der Waals surface area contributed by atoms with Gasteiger partial charge in [-0.25, -0.2) is 8.42 Å². The SMILES string of the molecule is CCN(CC)S(=O)(=O)c1ccc(NC(=S)NC(=O)C=Cc2cccc3ccccc23)cc1. The molecule has 0 aromatic heterocycles. The average molecular weight is 468 g/mol. The summed E-state index contributed by atoms with van der Waals surface area (Å²) in [7, 11) is -3.52. The van der Waals surface area contributed by atoms with E-state index in [0.29, 0.717) is 18.8 Å². The molecule has 3 rings (SSSR count). The summed E-state index contributed by atoms with van der Waals surface area (Å²) in [4.78, 5) is 12.5. The zero-order valence-corrected chi connectivity index (χ0v) is 19.5. The summed E-state index contributed by atoms with van der Waals surface area (Å²) in [5.41, 5.74) is 1.51. The fourth-order valence-corrected chi connectivity index (χ4v) is 4.98. The Balaban J connectivity index is 1.62. The van der Waals surface area contributed by atoms with Crippen LogP contribution in [0, 0.1) is 0 Å². The highest BCUT2D eigenvalue weighted by Gasteiger charge is 2.21. The summed E-state index contributed by atoms with van der Waals surface area (Å²) in [6.45, 7) is 4.40. The highest BCUT2D eigenvalue weighted by molar-refractivity contribution is 7.89. The van der Waals surface area contributed by atoms with Gasteiger partial charge in [-0.3, -0.25) is 10.1 Å². The Morgan fingerprint density at radius 1 is 0.969 bits per heavy atom. The molecule has 1 amide bonds. The molecule has 0 fully saturated rings. The summed E-state index contributed by atoms with van der Waals surface area (Å²) >= 11 is 5.20. The van der Waals surface area contributed by atoms with Crippen LogP contribution < -0.4 is 10.6 Å². The van der Waals surface area contributed by atoms with Crippen molar-refractivity contribution >= 4 is 55.8 Å². The van der Waals surface area contributed by atoms with Gasteiger partial charge in [-0.15, -0.1) is 0 Å². The molecule has 0 radical (unpaired) electrons. The Morgan fingerprint density at radius 2 is 1.62 bits per heavy atom. The Kier molecular flexibility index (Phi) is 7.74. The molecule has 166 valence electrons. The minimum Gasteiger partial charge on any atom is -0.332 e. The number of rotatable bonds is 7. The van der Waals surface area contributed by atoms with E-state index in [2.05, 4.69) is 10.6 Å². The number of nitrogens with zero attached hydrogens (tertiary/aromatic N) is 1. The lowest BCUT2D eigenvalue weighted by atomic mass is 10.0. The third-order valence-corrected chi connectivity index (χ3v) is 7.20. The first-order chi connectivity index (χ1) is 15.3. The minimum atomic E-state index is -3.52. The van der Waals surface area contributed by atoms with Crippen LogP contribution in [0.5, 0.6) is 0 Å². The molecule has 8 heteroatoms. The number of amides is 1. The number of thiocarbonyl (C=S) groups is 1. The van der Waals surface area contributed by atoms with Crippen molar-refractivity contribution in [1.29, 1.82) is 0 Å². The van der Waals surface area contributed by atoms with Crippen LogP contribution in [-0.2, 0) is 14.8 Å². The summed E-state index contributed by atoms with van der Waals surface area (Å²) in [5.74, 6) is -0.365. The largest absolute Gasteiger partial charge is 0.332 e. The maximum absolute atomic E-state index is 12.6. The van der Waals surface area contributed by atoms with Crippen molar-refractivity contribution in [3.63, 3.8) is 0 Å². The van der Waals surface area contributed by atoms with Gasteiger partial charge in [0, 0.05) is 24.9 Å². The predicted molar refractivity (Wildman–Crippen MR) is 134 cm³/mol. The van der Waals surface area contributed by atoms with Crippen LogP contribution in [0.15, 0.2) is 77.7 Å². The van der Waals surface area contributed by atoms with E-state index in [-0.39, 0.29) is 15.9 Å². The van der Waals surface area contributed by atoms with Gasteiger partial charge in [0.25, 0.3) is 0 Å². The van der Waals surface area contributed by atoms with Crippen molar-refractivity contribution in [3.8, 4) is 0 Å². The molecule has 3 aromatic carbocycles. The average Bonchev–Trinajstić information content (AvgIpc) is 2.78. The summed E-state index contributed by atoms with van der Waals surface area (Å²) in [6.07, 6.45) is 3.17. The van der Waals surface area contributed by atoms with Crippen LogP contribution in [-0.4, -0.2) is 36.8 Å². The summed E-state index contributed by atoms with van der Waals surface area (Å²) in [5, 5.41) is 7.76. The molecule has 0 aliphatic rings. The second-order valence-electron chi connectivity index (χ2n) is 6.96. The Hall–Kier alpha value is -3.07. The number of carbonyl (C=O) groups excluding carboxylic acids is 1. The maximum atomic E-state index is 12.6. The van der Waals surface area contributed by atoms with E-state index in [4.69, 9.17) is 12.2 Å². The first kappa shape index (κ1) is 23.6. The van der Waals surface area contributed by atoms with Gasteiger partial charge in [-0.1, -0.05) is 56.3 Å². The quantitative estimate of drug-likeness (QED) is 0.398. The zero-order valence-electron chi connectivity index (χ0n) is 17.9. The van der Waals surface area contributed by atoms with E-state index in [9.17, 15) is 13.2 Å². The second kappa shape index (κ2) is 10.5. The number of benzene rings is 3. The monoisotopic (exact) mass is 467 g/mol. The molecule has 0 unspecified atom stereocenters. The topological polar surface area (TPSA) is 78.5 Å². The molecule has 32 heavy (non-hydrogen) atoms. The van der Waals surface area contributed by atoms with E-state index < -0.39 is 10.0 Å². The minimum absolute atomic E-state index is 0.122. The van der Waals surface area contributed by atoms with Gasteiger partial charge in [0.1, 0.15) is 0 Å². The fourth-order valence-electron chi connectivity index (χ4n) is 3.30. The number of hydrogen-bond donors (Lipinski definition) is 2. The third kappa shape index (κ3) is 5.59. The van der Waals surface area contributed by atoms with Crippen molar-refractivity contribution in [1.82, 2.24) is 9.62 Å². The molecular weight excluding hydrogens is 442 g/mol. The van der Waals surface area contributed by atoms with E-state index in [1.54, 1.807) is 32.1 Å². The number of fused-ring (bicyclic) bond motifs is 1. The van der Waals surface area contributed by atoms with Crippen molar-refractivity contribution in [2.75, 3.05) is 18.4 Å². The Morgan fingerprint density at radius 3 is 2.31 bits per heavy atom. The standard InChI is InChI=1S/C24H25N3O3S2/c1-3-27(4-2)32(29,30)21-15-13-20(14-16-21)25-24(31)26-23(28)17-12-19-10-7-9-18-8-5-6-11-22(18)19/h5-17H,3-4H2,1-2H3,(H2,25,26,28,31). The molecule has 0 atom stereocenters. The van der Waals surface area contributed by atoms with Crippen LogP contribution in [0.2, 0.25) is 0 Å². The second-order valence-corrected chi connectivity index (χ2v) is 9.30. The Labute approximate surface area is 194 Å². The van der Waals surface area contributed by atoms with Crippen LogP contribution >= 0.6 is 12.2 Å². The van der Waals surface area contributed by atoms with Crippen molar-refractivity contribution < 1.29 is 13.2 Å². The molecule has 0 aliphatic heterocycles. The van der Waals surface area contributed by atoms with E-state index >= 15 is 0 Å². The first-order valence-corrected chi connectivity index (χ1v) is 12.1. The number of anilines is 1. The maximum Gasteiger partial charge on any atom is 0.250 e. The van der Waals surface area contributed by atoms with Gasteiger partial charge < -0.3 is 5.32 Å². The molecule has 3 aromatic rings. The molecule has 6 nitrogen and oxygen atoms in total. The number of carbonyl (C=O) groups is 1. The van der Waals surface area contributed by atoms with Crippen molar-refractivity contribution in [2.24, 2.45) is 0 Å². The predicted octanol–water partition coefficient (Wildman–Crippen LogP) is 4.40. The van der Waals surface area contributed by atoms with Crippen LogP contribution in [0.25, 0.3) is 16.8 Å². The molecule has 0 saturated heterocycles. The molecule has 2 N–H and O–H groups in total. The highest BCUT2D eigenvalue weighted by Crippen LogP contribution is 2.20. The van der Waals surface area contributed by atoms with Gasteiger partial charge in [-0.2, -0.15) is 4.31 Å². The lowest BCUT2D eigenvalue weighted by molar-refractivity contribution is -0.115. The van der Waals surface area contributed by atoms with Crippen molar-refractivity contribution in [2.45, 2.75) is 18.7 Å². The van der Waals surface area contributed by atoms with Gasteiger partial charge in [0.15, 0.2) is 5.11 Å². The molecule has 0 aliphatic carbocycles. The summed E-state index contributed by atoms with van der Waals surface area (Å²) in [6, 6.07) is 20.1. The number of nitrogens with one attached hydrogen (secondary N) is 2. The highest BCUT2D eigenvalue weighted by atomic mass is 32.2. The third-order valence-electron chi connectivity index (χ3n) is 4.93. The van der Waals surface area contributed by atoms with Crippen LogP contribution in [0.4, 0.5) is 5.69 Å². The summed E-state index contributed by atoms with van der Waals surface area (Å²) < 4.78 is 26.5. The Bertz CT molecular complexity index is 1240. The van der Waals surface area contributed by atoms with E-state index in [1.807, 2.05) is 42.5 Å². The lowest BCUT2D eigenvalue weighted by Crippen LogP contribution is -2.33. The molecule has 0 bridgehead atoms. The van der Waals surface area contributed by atoms with Crippen LogP contribution in [0.1, 0.15) is 19.4 Å². The molecule has 0 heterocycles. The lowest BCUT2D eigenvalue weighted by Gasteiger charge is -2.18. The van der Waals surface area contributed by atoms with Crippen molar-refractivity contribution in [3.05, 3.63) is 78.4 Å². The zero-order chi connectivity index (χ0) is 23.1. The number of sulfonamides is 1. The van der Waals surface area contributed by atoms with Gasteiger partial charge >= 0.3 is 0 Å². The first-order valence-electron chi connectivity index (χ1n) is 10.2. The molecular formula is C24H25N3O3S2. The van der Waals surface area contributed by atoms with Gasteiger partial charge in [-0.05, 0) is 58.9 Å². The smallest absolute Gasteiger partial charge is 0.250 e. The normalized spacial score (nSPS) is 11.7. The molecule has 0 spiro atoms.